The fourth-order valence-corrected chi connectivity index (χ4v) is 2.63. The van der Waals surface area contributed by atoms with Crippen LogP contribution in [0.1, 0.15) is 35.9 Å². The molecule has 1 saturated heterocycles. The fourth-order valence-electron chi connectivity index (χ4n) is 2.63. The number of rotatable bonds is 2. The highest BCUT2D eigenvalue weighted by molar-refractivity contribution is 6.04. The van der Waals surface area contributed by atoms with E-state index in [0.717, 1.165) is 25.5 Å². The molecule has 1 amide bonds. The van der Waals surface area contributed by atoms with Crippen LogP contribution in [0.25, 0.3) is 11.0 Å². The van der Waals surface area contributed by atoms with Crippen LogP contribution in [0.15, 0.2) is 12.1 Å². The van der Waals surface area contributed by atoms with Gasteiger partial charge in [-0.15, -0.1) is 0 Å². The molecule has 0 saturated carbocycles. The second-order valence-corrected chi connectivity index (χ2v) is 5.16. The number of halogens is 1. The number of nitrogens with one attached hydrogen (secondary N) is 2. The fraction of sp³-hybridized carbons (Fsp3) is 0.385. The number of fused-ring (bicyclic) bond motifs is 1. The second kappa shape index (κ2) is 4.03. The van der Waals surface area contributed by atoms with Crippen molar-refractivity contribution in [2.75, 3.05) is 6.54 Å². The molecule has 4 N–H and O–H groups in total. The summed E-state index contributed by atoms with van der Waals surface area (Å²) >= 11 is 0. The van der Waals surface area contributed by atoms with Crippen molar-refractivity contribution in [2.24, 2.45) is 5.73 Å². The number of aromatic nitrogens is 2. The summed E-state index contributed by atoms with van der Waals surface area (Å²) < 4.78 is 13.5. The van der Waals surface area contributed by atoms with Gasteiger partial charge in [-0.05, 0) is 38.4 Å². The van der Waals surface area contributed by atoms with Crippen LogP contribution in [0.4, 0.5) is 4.39 Å². The zero-order valence-electron chi connectivity index (χ0n) is 10.6. The van der Waals surface area contributed by atoms with Gasteiger partial charge in [0.05, 0.1) is 16.6 Å². The van der Waals surface area contributed by atoms with E-state index in [1.807, 2.05) is 6.92 Å². The van der Waals surface area contributed by atoms with Crippen LogP contribution in [-0.2, 0) is 5.54 Å². The standard InChI is InChI=1S/C13H15FN4O/c1-13(3-2-4-16-13)12-17-9-6-7(14)5-8(11(15)19)10(9)18-12/h5-6,16H,2-4H2,1H3,(H2,15,19)(H,17,18)/t13-/m1/s1. The molecule has 0 bridgehead atoms. The molecule has 100 valence electrons. The molecule has 19 heavy (non-hydrogen) atoms. The smallest absolute Gasteiger partial charge is 0.251 e. The number of benzene rings is 1. The normalized spacial score (nSPS) is 23.1. The summed E-state index contributed by atoms with van der Waals surface area (Å²) in [6.45, 7) is 2.96. The number of carbonyl (C=O) groups is 1. The minimum atomic E-state index is -0.674. The largest absolute Gasteiger partial charge is 0.366 e. The number of primary amides is 1. The average Bonchev–Trinajstić information content (AvgIpc) is 2.94. The van der Waals surface area contributed by atoms with Crippen LogP contribution in [0, 0.1) is 5.82 Å². The van der Waals surface area contributed by atoms with Crippen molar-refractivity contribution in [3.8, 4) is 0 Å². The Bertz CT molecular complexity index is 658. The first kappa shape index (κ1) is 12.1. The SMILES string of the molecule is C[C@]1(c2nc3c(C(N)=O)cc(F)cc3[nH]2)CCCN1. The highest BCUT2D eigenvalue weighted by atomic mass is 19.1. The van der Waals surface area contributed by atoms with Crippen molar-refractivity contribution in [1.82, 2.24) is 15.3 Å². The lowest BCUT2D eigenvalue weighted by Crippen LogP contribution is -2.34. The van der Waals surface area contributed by atoms with E-state index in [2.05, 4.69) is 15.3 Å². The number of nitrogens with zero attached hydrogens (tertiary/aromatic N) is 1. The Kier molecular flexibility index (Phi) is 2.56. The molecule has 0 radical (unpaired) electrons. The molecule has 1 aromatic heterocycles. The predicted octanol–water partition coefficient (Wildman–Crippen LogP) is 1.40. The van der Waals surface area contributed by atoms with Crippen molar-refractivity contribution in [3.05, 3.63) is 29.3 Å². The highest BCUT2D eigenvalue weighted by Gasteiger charge is 2.33. The van der Waals surface area contributed by atoms with E-state index in [9.17, 15) is 9.18 Å². The first-order chi connectivity index (χ1) is 8.99. The molecule has 2 heterocycles. The van der Waals surface area contributed by atoms with Gasteiger partial charge in [0.2, 0.25) is 0 Å². The lowest BCUT2D eigenvalue weighted by atomic mass is 10.00. The van der Waals surface area contributed by atoms with E-state index >= 15 is 0 Å². The highest BCUT2D eigenvalue weighted by Crippen LogP contribution is 2.30. The van der Waals surface area contributed by atoms with E-state index in [1.54, 1.807) is 0 Å². The molecule has 1 aliphatic rings. The Hall–Kier alpha value is -1.95. The van der Waals surface area contributed by atoms with Gasteiger partial charge < -0.3 is 16.0 Å². The van der Waals surface area contributed by atoms with E-state index in [-0.39, 0.29) is 11.1 Å². The van der Waals surface area contributed by atoms with Gasteiger partial charge in [-0.1, -0.05) is 0 Å². The lowest BCUT2D eigenvalue weighted by molar-refractivity contribution is 0.100. The Morgan fingerprint density at radius 3 is 2.95 bits per heavy atom. The van der Waals surface area contributed by atoms with Crippen molar-refractivity contribution in [1.29, 1.82) is 0 Å². The number of H-pyrrole nitrogens is 1. The van der Waals surface area contributed by atoms with E-state index in [0.29, 0.717) is 16.9 Å². The summed E-state index contributed by atoms with van der Waals surface area (Å²) in [4.78, 5) is 18.9. The van der Waals surface area contributed by atoms with Crippen molar-refractivity contribution in [2.45, 2.75) is 25.3 Å². The van der Waals surface area contributed by atoms with E-state index in [1.165, 1.54) is 6.07 Å². The molecule has 2 aromatic rings. The molecule has 1 atom stereocenters. The molecule has 6 heteroatoms. The molecule has 1 fully saturated rings. The Morgan fingerprint density at radius 1 is 1.53 bits per heavy atom. The van der Waals surface area contributed by atoms with Crippen LogP contribution >= 0.6 is 0 Å². The summed E-state index contributed by atoms with van der Waals surface area (Å²) in [5, 5.41) is 3.37. The summed E-state index contributed by atoms with van der Waals surface area (Å²) in [5.41, 5.74) is 6.05. The number of hydrogen-bond donors (Lipinski definition) is 3. The van der Waals surface area contributed by atoms with Crippen molar-refractivity contribution >= 4 is 16.9 Å². The number of nitrogens with two attached hydrogens (primary N) is 1. The third-order valence-electron chi connectivity index (χ3n) is 3.71. The monoisotopic (exact) mass is 262 g/mol. The molecule has 0 unspecified atom stereocenters. The van der Waals surface area contributed by atoms with Gasteiger partial charge in [-0.25, -0.2) is 9.37 Å². The Labute approximate surface area is 109 Å². The van der Waals surface area contributed by atoms with Gasteiger partial charge in [-0.2, -0.15) is 0 Å². The lowest BCUT2D eigenvalue weighted by Gasteiger charge is -2.21. The zero-order valence-corrected chi connectivity index (χ0v) is 10.6. The van der Waals surface area contributed by atoms with Gasteiger partial charge in [-0.3, -0.25) is 4.79 Å². The van der Waals surface area contributed by atoms with Crippen molar-refractivity contribution in [3.63, 3.8) is 0 Å². The number of hydrogen-bond acceptors (Lipinski definition) is 3. The second-order valence-electron chi connectivity index (χ2n) is 5.16. The Morgan fingerprint density at radius 2 is 2.32 bits per heavy atom. The van der Waals surface area contributed by atoms with Gasteiger partial charge in [0.25, 0.3) is 5.91 Å². The first-order valence-corrected chi connectivity index (χ1v) is 6.24. The van der Waals surface area contributed by atoms with Crippen LogP contribution in [0.2, 0.25) is 0 Å². The van der Waals surface area contributed by atoms with Crippen LogP contribution in [-0.4, -0.2) is 22.4 Å². The molecule has 5 nitrogen and oxygen atoms in total. The molecule has 0 aliphatic carbocycles. The molecule has 1 aliphatic heterocycles. The third kappa shape index (κ3) is 1.88. The van der Waals surface area contributed by atoms with E-state index in [4.69, 9.17) is 5.73 Å². The topological polar surface area (TPSA) is 83.8 Å². The van der Waals surface area contributed by atoms with Gasteiger partial charge in [0, 0.05) is 0 Å². The molecule has 3 rings (SSSR count). The van der Waals surface area contributed by atoms with Crippen LogP contribution < -0.4 is 11.1 Å². The quantitative estimate of drug-likeness (QED) is 0.765. The van der Waals surface area contributed by atoms with Gasteiger partial charge in [0.15, 0.2) is 0 Å². The molecule has 0 spiro atoms. The Balaban J connectivity index is 2.20. The first-order valence-electron chi connectivity index (χ1n) is 6.24. The minimum Gasteiger partial charge on any atom is -0.366 e. The van der Waals surface area contributed by atoms with Crippen LogP contribution in [0.3, 0.4) is 0 Å². The zero-order chi connectivity index (χ0) is 13.6. The number of aromatic amines is 1. The molecule has 1 aromatic carbocycles. The summed E-state index contributed by atoms with van der Waals surface area (Å²) in [7, 11) is 0. The number of carbonyl (C=O) groups excluding carboxylic acids is 1. The maximum atomic E-state index is 13.5. The summed E-state index contributed by atoms with van der Waals surface area (Å²) in [5.74, 6) is -0.457. The van der Waals surface area contributed by atoms with Gasteiger partial charge in [0.1, 0.15) is 17.2 Å². The number of amides is 1. The average molecular weight is 262 g/mol. The number of imidazole rings is 1. The van der Waals surface area contributed by atoms with E-state index < -0.39 is 11.7 Å². The minimum absolute atomic E-state index is 0.110. The summed E-state index contributed by atoms with van der Waals surface area (Å²) in [6, 6.07) is 2.45. The maximum Gasteiger partial charge on any atom is 0.251 e. The third-order valence-corrected chi connectivity index (χ3v) is 3.71. The molecular weight excluding hydrogens is 247 g/mol. The molecular formula is C13H15FN4O. The predicted molar refractivity (Wildman–Crippen MR) is 69.2 cm³/mol. The van der Waals surface area contributed by atoms with Crippen molar-refractivity contribution < 1.29 is 9.18 Å². The summed E-state index contributed by atoms with van der Waals surface area (Å²) in [6.07, 6.45) is 2.01. The van der Waals surface area contributed by atoms with Crippen LogP contribution in [0.5, 0.6) is 0 Å². The maximum absolute atomic E-state index is 13.5. The van der Waals surface area contributed by atoms with Gasteiger partial charge >= 0.3 is 0 Å².